The van der Waals surface area contributed by atoms with Crippen molar-refractivity contribution in [2.45, 2.75) is 99.6 Å². The van der Waals surface area contributed by atoms with Crippen molar-refractivity contribution in [3.63, 3.8) is 0 Å². The summed E-state index contributed by atoms with van der Waals surface area (Å²) in [6.45, 7) is 0.584. The minimum absolute atomic E-state index is 0.177. The zero-order valence-corrected chi connectivity index (χ0v) is 19.5. The molecule has 0 aliphatic carbocycles. The standard InChI is InChI=1S/C20H35NO15/c1-6-11(27)13(29)15(31)19(33-6)36-18(9(26)4-23)17(8(3-22)21-7(2)25)35-20-16(32)14(30)12(28)10(5-24)34-20/h3,6,8-20,23-24,26-32H,4-5H2,1-2H3,(H,21,25)/t6-,8-,9+,10+,11+,12-,13+,14-,15-,16+,17+,18+,19-,20+/m0/s1. The molecule has 210 valence electrons. The maximum Gasteiger partial charge on any atom is 0.217 e. The zero-order chi connectivity index (χ0) is 27.3. The third-order valence-electron chi connectivity index (χ3n) is 6.00. The van der Waals surface area contributed by atoms with E-state index < -0.39 is 105 Å². The summed E-state index contributed by atoms with van der Waals surface area (Å²) in [5, 5.41) is 92.4. The number of nitrogens with one attached hydrogen (secondary N) is 1. The van der Waals surface area contributed by atoms with Crippen LogP contribution in [0.15, 0.2) is 0 Å². The highest BCUT2D eigenvalue weighted by molar-refractivity contribution is 5.77. The molecule has 14 atom stereocenters. The predicted molar refractivity (Wildman–Crippen MR) is 113 cm³/mol. The molecule has 36 heavy (non-hydrogen) atoms. The molecule has 2 fully saturated rings. The molecule has 2 aliphatic heterocycles. The molecule has 2 heterocycles. The van der Waals surface area contributed by atoms with Gasteiger partial charge < -0.3 is 75.0 Å². The lowest BCUT2D eigenvalue weighted by molar-refractivity contribution is -0.345. The van der Waals surface area contributed by atoms with Crippen LogP contribution >= 0.6 is 0 Å². The average molecular weight is 529 g/mol. The van der Waals surface area contributed by atoms with Crippen molar-refractivity contribution in [1.82, 2.24) is 5.32 Å². The van der Waals surface area contributed by atoms with E-state index in [1.165, 1.54) is 6.92 Å². The van der Waals surface area contributed by atoms with Gasteiger partial charge in [0.1, 0.15) is 73.4 Å². The highest BCUT2D eigenvalue weighted by Gasteiger charge is 2.50. The second-order valence-corrected chi connectivity index (χ2v) is 8.69. The normalized spacial score (nSPS) is 40.6. The SMILES string of the molecule is CC(=O)N[C@@H](C=O)[C@@H](O[C@H]1O[C@H](CO)[C@H](O)[C@H](O)[C@H]1O)[C@H](O[C@@H]1O[C@@H](C)[C@@H](O)[C@@H](O)[C@@H]1O)[C@H](O)CO. The van der Waals surface area contributed by atoms with Gasteiger partial charge in [-0.25, -0.2) is 0 Å². The van der Waals surface area contributed by atoms with Crippen LogP contribution in [0, 0.1) is 0 Å². The van der Waals surface area contributed by atoms with Gasteiger partial charge in [-0.05, 0) is 6.92 Å². The lowest BCUT2D eigenvalue weighted by Gasteiger charge is -2.45. The van der Waals surface area contributed by atoms with E-state index in [-0.39, 0.29) is 6.29 Å². The van der Waals surface area contributed by atoms with E-state index in [0.717, 1.165) is 6.92 Å². The lowest BCUT2D eigenvalue weighted by Crippen LogP contribution is -2.64. The van der Waals surface area contributed by atoms with Gasteiger partial charge in [-0.15, -0.1) is 0 Å². The molecule has 0 aromatic rings. The zero-order valence-electron chi connectivity index (χ0n) is 19.5. The Hall–Kier alpha value is -1.38. The second kappa shape index (κ2) is 13.4. The first-order valence-corrected chi connectivity index (χ1v) is 11.2. The summed E-state index contributed by atoms with van der Waals surface area (Å²) in [5.74, 6) is -0.743. The minimum atomic E-state index is -1.95. The van der Waals surface area contributed by atoms with Crippen LogP contribution in [0.4, 0.5) is 0 Å². The fraction of sp³-hybridized carbons (Fsp3) is 0.900. The Morgan fingerprint density at radius 1 is 0.889 bits per heavy atom. The van der Waals surface area contributed by atoms with E-state index in [1.807, 2.05) is 0 Å². The number of amides is 1. The van der Waals surface area contributed by atoms with Crippen molar-refractivity contribution in [2.24, 2.45) is 0 Å². The van der Waals surface area contributed by atoms with Crippen LogP contribution in [-0.4, -0.2) is 157 Å². The molecule has 1 amide bonds. The Morgan fingerprint density at radius 2 is 1.42 bits per heavy atom. The number of ether oxygens (including phenoxy) is 4. The van der Waals surface area contributed by atoms with Crippen molar-refractivity contribution in [1.29, 1.82) is 0 Å². The van der Waals surface area contributed by atoms with E-state index in [1.54, 1.807) is 0 Å². The van der Waals surface area contributed by atoms with Gasteiger partial charge >= 0.3 is 0 Å². The van der Waals surface area contributed by atoms with Gasteiger partial charge in [-0.2, -0.15) is 0 Å². The monoisotopic (exact) mass is 529 g/mol. The Labute approximate surface area is 205 Å². The summed E-state index contributed by atoms with van der Waals surface area (Å²) in [7, 11) is 0. The summed E-state index contributed by atoms with van der Waals surface area (Å²) < 4.78 is 21.8. The number of carbonyl (C=O) groups excluding carboxylic acids is 2. The van der Waals surface area contributed by atoms with E-state index in [2.05, 4.69) is 5.32 Å². The van der Waals surface area contributed by atoms with E-state index in [4.69, 9.17) is 18.9 Å². The summed E-state index contributed by atoms with van der Waals surface area (Å²) in [5.41, 5.74) is 0. The third kappa shape index (κ3) is 6.93. The smallest absolute Gasteiger partial charge is 0.217 e. The van der Waals surface area contributed by atoms with Crippen LogP contribution in [0.25, 0.3) is 0 Å². The molecule has 2 saturated heterocycles. The van der Waals surface area contributed by atoms with E-state index in [9.17, 15) is 55.5 Å². The molecule has 0 spiro atoms. The van der Waals surface area contributed by atoms with Crippen molar-refractivity contribution >= 4 is 12.2 Å². The second-order valence-electron chi connectivity index (χ2n) is 8.69. The lowest BCUT2D eigenvalue weighted by atomic mass is 9.97. The van der Waals surface area contributed by atoms with Gasteiger partial charge in [0.2, 0.25) is 5.91 Å². The molecule has 16 heteroatoms. The molecule has 0 bridgehead atoms. The Morgan fingerprint density at radius 3 is 1.92 bits per heavy atom. The van der Waals surface area contributed by atoms with Gasteiger partial charge in [0.15, 0.2) is 12.6 Å². The first-order valence-electron chi connectivity index (χ1n) is 11.2. The van der Waals surface area contributed by atoms with Crippen LogP contribution in [0.5, 0.6) is 0 Å². The fourth-order valence-corrected chi connectivity index (χ4v) is 3.90. The maximum absolute atomic E-state index is 11.9. The van der Waals surface area contributed by atoms with E-state index in [0.29, 0.717) is 0 Å². The van der Waals surface area contributed by atoms with E-state index >= 15 is 0 Å². The molecule has 0 aromatic carbocycles. The van der Waals surface area contributed by atoms with Crippen LogP contribution in [-0.2, 0) is 28.5 Å². The van der Waals surface area contributed by atoms with Crippen molar-refractivity contribution in [3.8, 4) is 0 Å². The Bertz CT molecular complexity index is 713. The van der Waals surface area contributed by atoms with Gasteiger partial charge in [0, 0.05) is 6.92 Å². The molecular weight excluding hydrogens is 494 g/mol. The quantitative estimate of drug-likeness (QED) is 0.111. The summed E-state index contributed by atoms with van der Waals surface area (Å²) in [6, 6.07) is -1.64. The summed E-state index contributed by atoms with van der Waals surface area (Å²) in [4.78, 5) is 23.6. The minimum Gasteiger partial charge on any atom is -0.394 e. The largest absolute Gasteiger partial charge is 0.394 e. The van der Waals surface area contributed by atoms with Crippen LogP contribution in [0.3, 0.4) is 0 Å². The number of hydrogen-bond donors (Lipinski definition) is 10. The average Bonchev–Trinajstić information content (AvgIpc) is 2.85. The Balaban J connectivity index is 2.42. The first kappa shape index (κ1) is 30.8. The molecule has 0 saturated carbocycles. The van der Waals surface area contributed by atoms with Crippen molar-refractivity contribution in [3.05, 3.63) is 0 Å². The molecule has 10 N–H and O–H groups in total. The van der Waals surface area contributed by atoms with Crippen LogP contribution in [0.1, 0.15) is 13.8 Å². The summed E-state index contributed by atoms with van der Waals surface area (Å²) >= 11 is 0. The highest BCUT2D eigenvalue weighted by atomic mass is 16.7. The third-order valence-corrected chi connectivity index (χ3v) is 6.00. The van der Waals surface area contributed by atoms with Gasteiger partial charge in [0.25, 0.3) is 0 Å². The molecular formula is C20H35NO15. The number of rotatable bonds is 11. The number of aliphatic hydroxyl groups excluding tert-OH is 9. The Kier molecular flexibility index (Phi) is 11.5. The molecule has 2 rings (SSSR count). The molecule has 0 radical (unpaired) electrons. The molecule has 16 nitrogen and oxygen atoms in total. The number of carbonyl (C=O) groups is 2. The van der Waals surface area contributed by atoms with Crippen LogP contribution < -0.4 is 5.32 Å². The first-order chi connectivity index (χ1) is 16.9. The van der Waals surface area contributed by atoms with Gasteiger partial charge in [-0.1, -0.05) is 0 Å². The van der Waals surface area contributed by atoms with Gasteiger partial charge in [-0.3, -0.25) is 4.79 Å². The predicted octanol–water partition coefficient (Wildman–Crippen LogP) is -6.56. The van der Waals surface area contributed by atoms with Crippen molar-refractivity contribution < 1.29 is 74.5 Å². The topological polar surface area (TPSA) is 265 Å². The van der Waals surface area contributed by atoms with Crippen molar-refractivity contribution in [2.75, 3.05) is 13.2 Å². The van der Waals surface area contributed by atoms with Crippen LogP contribution in [0.2, 0.25) is 0 Å². The highest BCUT2D eigenvalue weighted by Crippen LogP contribution is 2.28. The fourth-order valence-electron chi connectivity index (χ4n) is 3.90. The summed E-state index contributed by atoms with van der Waals surface area (Å²) in [6.07, 6.45) is -22.1. The molecule has 0 aromatic heterocycles. The number of hydrogen-bond acceptors (Lipinski definition) is 15. The van der Waals surface area contributed by atoms with Gasteiger partial charge in [0.05, 0.1) is 19.3 Å². The maximum atomic E-state index is 11.9. The molecule has 0 unspecified atom stereocenters. The molecule has 2 aliphatic rings. The number of aliphatic hydroxyl groups is 9. The number of aldehydes is 1.